The van der Waals surface area contributed by atoms with Crippen LogP contribution in [0.25, 0.3) is 0 Å². The molecule has 3 heteroatoms. The summed E-state index contributed by atoms with van der Waals surface area (Å²) in [6, 6.07) is 8.30. The first kappa shape index (κ1) is 12.9. The molecule has 0 saturated carbocycles. The molecule has 0 radical (unpaired) electrons. The van der Waals surface area contributed by atoms with Gasteiger partial charge in [0.15, 0.2) is 0 Å². The van der Waals surface area contributed by atoms with Gasteiger partial charge in [-0.05, 0) is 25.5 Å². The number of hydrogen-bond donors (Lipinski definition) is 1. The molecular weight excluding hydrogens is 224 g/mol. The van der Waals surface area contributed by atoms with E-state index in [1.807, 2.05) is 23.1 Å². The maximum atomic E-state index is 12.3. The SMILES string of the molecule is CCCCCN1C(=O)C[C@@H](C)Nc2ccccc21. The standard InChI is InChI=1S/C15H22N2O/c1-3-4-7-10-17-14-9-6-5-8-13(14)16-12(2)11-15(17)18/h5-6,8-9,12,16H,3-4,7,10-11H2,1-2H3/t12-/m1/s1. The fraction of sp³-hybridized carbons (Fsp3) is 0.533. The zero-order valence-corrected chi connectivity index (χ0v) is 11.3. The number of nitrogens with zero attached hydrogens (tertiary/aromatic N) is 1. The lowest BCUT2D eigenvalue weighted by Gasteiger charge is -2.22. The van der Waals surface area contributed by atoms with Gasteiger partial charge in [0.2, 0.25) is 5.91 Å². The van der Waals surface area contributed by atoms with Crippen LogP contribution >= 0.6 is 0 Å². The molecule has 3 nitrogen and oxygen atoms in total. The second kappa shape index (κ2) is 5.89. The first-order valence-corrected chi connectivity index (χ1v) is 6.88. The Labute approximate surface area is 109 Å². The normalized spacial score (nSPS) is 19.1. The lowest BCUT2D eigenvalue weighted by atomic mass is 10.2. The fourth-order valence-corrected chi connectivity index (χ4v) is 2.42. The summed E-state index contributed by atoms with van der Waals surface area (Å²) in [5.41, 5.74) is 2.11. The lowest BCUT2D eigenvalue weighted by Crippen LogP contribution is -2.32. The molecule has 0 aromatic heterocycles. The Morgan fingerprint density at radius 2 is 2.11 bits per heavy atom. The monoisotopic (exact) mass is 246 g/mol. The maximum Gasteiger partial charge on any atom is 0.229 e. The van der Waals surface area contributed by atoms with Crippen LogP contribution in [0.4, 0.5) is 11.4 Å². The van der Waals surface area contributed by atoms with Crippen molar-refractivity contribution in [2.45, 2.75) is 45.6 Å². The van der Waals surface area contributed by atoms with Crippen LogP contribution in [0.5, 0.6) is 0 Å². The molecule has 98 valence electrons. The van der Waals surface area contributed by atoms with Crippen LogP contribution in [0.2, 0.25) is 0 Å². The third-order valence-corrected chi connectivity index (χ3v) is 3.36. The summed E-state index contributed by atoms with van der Waals surface area (Å²) in [6.45, 7) is 5.07. The summed E-state index contributed by atoms with van der Waals surface area (Å²) in [5, 5.41) is 3.41. The Kier molecular flexibility index (Phi) is 4.24. The predicted molar refractivity (Wildman–Crippen MR) is 76.0 cm³/mol. The molecule has 1 aliphatic rings. The predicted octanol–water partition coefficient (Wildman–Crippen LogP) is 3.41. The van der Waals surface area contributed by atoms with E-state index < -0.39 is 0 Å². The average molecular weight is 246 g/mol. The van der Waals surface area contributed by atoms with Crippen molar-refractivity contribution >= 4 is 17.3 Å². The van der Waals surface area contributed by atoms with Crippen molar-refractivity contribution in [3.05, 3.63) is 24.3 Å². The smallest absolute Gasteiger partial charge is 0.229 e. The number of fused-ring (bicyclic) bond motifs is 1. The Morgan fingerprint density at radius 1 is 1.33 bits per heavy atom. The first-order valence-electron chi connectivity index (χ1n) is 6.88. The van der Waals surface area contributed by atoms with Crippen molar-refractivity contribution in [2.75, 3.05) is 16.8 Å². The number of anilines is 2. The number of benzene rings is 1. The van der Waals surface area contributed by atoms with Gasteiger partial charge in [-0.3, -0.25) is 4.79 Å². The van der Waals surface area contributed by atoms with E-state index in [0.29, 0.717) is 6.42 Å². The van der Waals surface area contributed by atoms with Gasteiger partial charge in [0.05, 0.1) is 11.4 Å². The molecule has 1 amide bonds. The van der Waals surface area contributed by atoms with Gasteiger partial charge in [-0.15, -0.1) is 0 Å². The highest BCUT2D eigenvalue weighted by atomic mass is 16.2. The first-order chi connectivity index (χ1) is 8.72. The van der Waals surface area contributed by atoms with Crippen LogP contribution in [-0.4, -0.2) is 18.5 Å². The number of carbonyl (C=O) groups is 1. The van der Waals surface area contributed by atoms with Gasteiger partial charge < -0.3 is 10.2 Å². The minimum Gasteiger partial charge on any atom is -0.380 e. The third-order valence-electron chi connectivity index (χ3n) is 3.36. The Balaban J connectivity index is 2.22. The van der Waals surface area contributed by atoms with Crippen molar-refractivity contribution in [3.63, 3.8) is 0 Å². The molecule has 1 N–H and O–H groups in total. The van der Waals surface area contributed by atoms with Crippen LogP contribution in [0.15, 0.2) is 24.3 Å². The van der Waals surface area contributed by atoms with E-state index in [-0.39, 0.29) is 11.9 Å². The molecule has 18 heavy (non-hydrogen) atoms. The van der Waals surface area contributed by atoms with Crippen LogP contribution in [0.1, 0.15) is 39.5 Å². The van der Waals surface area contributed by atoms with Crippen molar-refractivity contribution < 1.29 is 4.79 Å². The molecule has 1 aromatic carbocycles. The molecule has 1 heterocycles. The highest BCUT2D eigenvalue weighted by molar-refractivity contribution is 5.98. The van der Waals surface area contributed by atoms with Gasteiger partial charge in [0.1, 0.15) is 0 Å². The molecule has 1 atom stereocenters. The summed E-state index contributed by atoms with van der Waals surface area (Å²) in [5.74, 6) is 0.232. The van der Waals surface area contributed by atoms with E-state index in [4.69, 9.17) is 0 Å². The van der Waals surface area contributed by atoms with E-state index >= 15 is 0 Å². The summed E-state index contributed by atoms with van der Waals surface area (Å²) in [6.07, 6.45) is 4.00. The summed E-state index contributed by atoms with van der Waals surface area (Å²) in [7, 11) is 0. The molecule has 1 aromatic rings. The van der Waals surface area contributed by atoms with Crippen LogP contribution in [-0.2, 0) is 4.79 Å². The van der Waals surface area contributed by atoms with Gasteiger partial charge in [-0.2, -0.15) is 0 Å². The van der Waals surface area contributed by atoms with E-state index in [2.05, 4.69) is 25.2 Å². The summed E-state index contributed by atoms with van der Waals surface area (Å²) >= 11 is 0. The second-order valence-corrected chi connectivity index (χ2v) is 5.02. The number of hydrogen-bond acceptors (Lipinski definition) is 2. The van der Waals surface area contributed by atoms with Crippen molar-refractivity contribution in [1.82, 2.24) is 0 Å². The zero-order chi connectivity index (χ0) is 13.0. The molecule has 0 bridgehead atoms. The maximum absolute atomic E-state index is 12.3. The quantitative estimate of drug-likeness (QED) is 0.826. The second-order valence-electron chi connectivity index (χ2n) is 5.02. The van der Waals surface area contributed by atoms with E-state index in [1.165, 1.54) is 12.8 Å². The van der Waals surface area contributed by atoms with Gasteiger partial charge in [0.25, 0.3) is 0 Å². The molecule has 2 rings (SSSR count). The fourth-order valence-electron chi connectivity index (χ4n) is 2.42. The van der Waals surface area contributed by atoms with Crippen molar-refractivity contribution in [1.29, 1.82) is 0 Å². The number of amides is 1. The highest BCUT2D eigenvalue weighted by Crippen LogP contribution is 2.30. The minimum atomic E-state index is 0.204. The molecular formula is C15H22N2O. The van der Waals surface area contributed by atoms with Crippen LogP contribution in [0.3, 0.4) is 0 Å². The molecule has 0 aliphatic carbocycles. The largest absolute Gasteiger partial charge is 0.380 e. The number of nitrogens with one attached hydrogen (secondary N) is 1. The minimum absolute atomic E-state index is 0.204. The van der Waals surface area contributed by atoms with Crippen LogP contribution in [0, 0.1) is 0 Å². The van der Waals surface area contributed by atoms with E-state index in [9.17, 15) is 4.79 Å². The number of carbonyl (C=O) groups excluding carboxylic acids is 1. The van der Waals surface area contributed by atoms with Crippen molar-refractivity contribution in [2.24, 2.45) is 0 Å². The lowest BCUT2D eigenvalue weighted by molar-refractivity contribution is -0.118. The van der Waals surface area contributed by atoms with E-state index in [1.54, 1.807) is 0 Å². The van der Waals surface area contributed by atoms with Crippen molar-refractivity contribution in [3.8, 4) is 0 Å². The average Bonchev–Trinajstić information content (AvgIpc) is 2.46. The molecule has 0 unspecified atom stereocenters. The van der Waals surface area contributed by atoms with Gasteiger partial charge in [-0.1, -0.05) is 31.9 Å². The number of rotatable bonds is 4. The summed E-state index contributed by atoms with van der Waals surface area (Å²) in [4.78, 5) is 14.2. The molecule has 1 aliphatic heterocycles. The molecule has 0 saturated heterocycles. The zero-order valence-electron chi connectivity index (χ0n) is 11.3. The Morgan fingerprint density at radius 3 is 2.89 bits per heavy atom. The van der Waals surface area contributed by atoms with E-state index in [0.717, 1.165) is 24.3 Å². The molecule has 0 fully saturated rings. The third kappa shape index (κ3) is 2.84. The number of unbranched alkanes of at least 4 members (excludes halogenated alkanes) is 2. The Hall–Kier alpha value is -1.51. The van der Waals surface area contributed by atoms with Gasteiger partial charge >= 0.3 is 0 Å². The summed E-state index contributed by atoms with van der Waals surface area (Å²) < 4.78 is 0. The van der Waals surface area contributed by atoms with Gasteiger partial charge in [-0.25, -0.2) is 0 Å². The van der Waals surface area contributed by atoms with Gasteiger partial charge in [0, 0.05) is 19.0 Å². The van der Waals surface area contributed by atoms with Crippen LogP contribution < -0.4 is 10.2 Å². The molecule has 0 spiro atoms. The number of para-hydroxylation sites is 2. The highest BCUT2D eigenvalue weighted by Gasteiger charge is 2.24. The topological polar surface area (TPSA) is 32.3 Å². The Bertz CT molecular complexity index is 417.